The zero-order valence-electron chi connectivity index (χ0n) is 15.3. The number of carbonyl (C=O) groups excluding carboxylic acids is 3. The molecule has 0 aromatic carbocycles. The Balaban J connectivity index is 1.79. The van der Waals surface area contributed by atoms with Gasteiger partial charge in [0, 0.05) is 16.8 Å². The van der Waals surface area contributed by atoms with Crippen LogP contribution in [0.5, 0.6) is 0 Å². The second-order valence-corrected chi connectivity index (χ2v) is 8.25. The fraction of sp³-hybridized carbons (Fsp3) is 0.375. The normalized spacial score (nSPS) is 24.3. The van der Waals surface area contributed by atoms with Crippen LogP contribution in [0, 0.1) is 0 Å². The topological polar surface area (TPSA) is 154 Å². The van der Waals surface area contributed by atoms with Crippen LogP contribution in [-0.4, -0.2) is 68.2 Å². The first-order chi connectivity index (χ1) is 13.9. The number of thioether (sulfide) groups is 1. The largest absolute Gasteiger partial charge is 0.478 e. The molecule has 2 aliphatic heterocycles. The van der Waals surface area contributed by atoms with Crippen LogP contribution in [0.1, 0.15) is 19.5 Å². The van der Waals surface area contributed by atoms with Gasteiger partial charge in [-0.15, -0.1) is 23.1 Å². The van der Waals surface area contributed by atoms with E-state index in [0.29, 0.717) is 6.41 Å². The average Bonchev–Trinajstić information content (AvgIpc) is 3.14. The lowest BCUT2D eigenvalue weighted by Crippen LogP contribution is -2.69. The van der Waals surface area contributed by atoms with Crippen LogP contribution < -0.4 is 10.1 Å². The number of rotatable bonds is 7. The number of hydrogen-bond donors (Lipinski definition) is 3. The zero-order chi connectivity index (χ0) is 21.1. The Morgan fingerprint density at radius 1 is 1.48 bits per heavy atom. The van der Waals surface area contributed by atoms with E-state index >= 15 is 0 Å². The maximum atomic E-state index is 12.8. The molecule has 1 saturated heterocycles. The minimum atomic E-state index is -1.08. The first kappa shape index (κ1) is 20.8. The number of nitrogens with zero attached hydrogens (tertiary/aromatic N) is 3. The molecule has 154 valence electrons. The second kappa shape index (κ2) is 8.61. The molecule has 29 heavy (non-hydrogen) atoms. The SMILES string of the molecule is CCON=C(C(=O)NC1C(=O)N2C=C(C(=O)O)C(C)S[C@H]12)c1csc(=NC=O)[nH]1. The van der Waals surface area contributed by atoms with Crippen LogP contribution in [0.15, 0.2) is 27.3 Å². The van der Waals surface area contributed by atoms with E-state index < -0.39 is 29.2 Å². The summed E-state index contributed by atoms with van der Waals surface area (Å²) in [6, 6.07) is -0.828. The van der Waals surface area contributed by atoms with Gasteiger partial charge in [0.05, 0.1) is 11.3 Å². The number of nitrogens with one attached hydrogen (secondary N) is 2. The van der Waals surface area contributed by atoms with E-state index in [2.05, 4.69) is 20.4 Å². The molecule has 3 rings (SSSR count). The molecule has 0 bridgehead atoms. The molecule has 1 aromatic rings. The highest BCUT2D eigenvalue weighted by molar-refractivity contribution is 8.00. The number of β-lactam (4-membered cyclic amide) rings is 1. The van der Waals surface area contributed by atoms with E-state index in [9.17, 15) is 24.3 Å². The third kappa shape index (κ3) is 4.10. The lowest BCUT2D eigenvalue weighted by Gasteiger charge is -2.48. The van der Waals surface area contributed by atoms with E-state index in [1.807, 2.05) is 0 Å². The molecule has 2 aliphatic rings. The Hall–Kier alpha value is -2.93. The van der Waals surface area contributed by atoms with E-state index in [0.717, 1.165) is 11.3 Å². The predicted molar refractivity (Wildman–Crippen MR) is 104 cm³/mol. The number of aromatic nitrogens is 1. The molecule has 1 aromatic heterocycles. The Kier molecular flexibility index (Phi) is 6.17. The third-order valence-corrected chi connectivity index (χ3v) is 6.35. The average molecular weight is 439 g/mol. The number of carboxylic acids is 1. The molecule has 3 amide bonds. The fourth-order valence-electron chi connectivity index (χ4n) is 2.73. The van der Waals surface area contributed by atoms with Gasteiger partial charge >= 0.3 is 5.97 Å². The van der Waals surface area contributed by atoms with E-state index in [4.69, 9.17) is 4.84 Å². The molecule has 0 aliphatic carbocycles. The number of amides is 3. The van der Waals surface area contributed by atoms with Crippen molar-refractivity contribution in [2.24, 2.45) is 10.1 Å². The van der Waals surface area contributed by atoms with Gasteiger partial charge in [0.1, 0.15) is 18.0 Å². The number of hydrogen-bond acceptors (Lipinski definition) is 8. The molecule has 0 spiro atoms. The molecule has 11 nitrogen and oxygen atoms in total. The van der Waals surface area contributed by atoms with E-state index in [1.54, 1.807) is 19.2 Å². The summed E-state index contributed by atoms with van der Waals surface area (Å²) in [6.45, 7) is 3.65. The van der Waals surface area contributed by atoms with Gasteiger partial charge in [-0.25, -0.2) is 4.79 Å². The minimum Gasteiger partial charge on any atom is -0.478 e. The highest BCUT2D eigenvalue weighted by atomic mass is 32.2. The van der Waals surface area contributed by atoms with Crippen molar-refractivity contribution in [1.29, 1.82) is 0 Å². The number of oxime groups is 1. The molecule has 3 atom stereocenters. The highest BCUT2D eigenvalue weighted by Crippen LogP contribution is 2.40. The summed E-state index contributed by atoms with van der Waals surface area (Å²) in [6.07, 6.45) is 1.68. The smallest absolute Gasteiger partial charge is 0.334 e. The maximum Gasteiger partial charge on any atom is 0.334 e. The summed E-state index contributed by atoms with van der Waals surface area (Å²) in [5.74, 6) is -2.15. The summed E-state index contributed by atoms with van der Waals surface area (Å²) in [5, 5.41) is 16.4. The van der Waals surface area contributed by atoms with Crippen molar-refractivity contribution in [3.8, 4) is 0 Å². The second-order valence-electron chi connectivity index (χ2n) is 5.93. The molecular weight excluding hydrogens is 422 g/mol. The van der Waals surface area contributed by atoms with Crippen molar-refractivity contribution in [3.05, 3.63) is 27.6 Å². The number of aromatic amines is 1. The molecule has 13 heteroatoms. The number of carbonyl (C=O) groups is 4. The molecule has 3 N–H and O–H groups in total. The Labute approximate surface area is 172 Å². The van der Waals surface area contributed by atoms with Gasteiger partial charge in [0.2, 0.25) is 6.41 Å². The van der Waals surface area contributed by atoms with Gasteiger partial charge in [-0.2, -0.15) is 4.99 Å². The molecular formula is C16H17N5O6S2. The molecule has 3 heterocycles. The fourth-order valence-corrected chi connectivity index (χ4v) is 4.77. The van der Waals surface area contributed by atoms with Crippen LogP contribution in [0.4, 0.5) is 0 Å². The van der Waals surface area contributed by atoms with Crippen LogP contribution in [0.2, 0.25) is 0 Å². The standard InChI is InChI=1S/C16H17N5O6S2/c1-3-27-20-10(9-5-28-16(18-9)17-6-22)12(23)19-11-13(24)21-4-8(15(25)26)7(2)29-14(11)21/h4-7,11,14H,3H2,1-2H3,(H,19,23)(H,25,26)(H,17,18,22)/t7?,11?,14-/m1/s1. The van der Waals surface area contributed by atoms with Gasteiger partial charge in [-0.05, 0) is 13.8 Å². The van der Waals surface area contributed by atoms with Crippen LogP contribution in [0.25, 0.3) is 0 Å². The summed E-state index contributed by atoms with van der Waals surface area (Å²) in [5.41, 5.74) is 0.308. The van der Waals surface area contributed by atoms with Crippen molar-refractivity contribution >= 4 is 53.0 Å². The van der Waals surface area contributed by atoms with Gasteiger partial charge in [-0.3, -0.25) is 14.4 Å². The lowest BCUT2D eigenvalue weighted by atomic mass is 10.1. The van der Waals surface area contributed by atoms with E-state index in [1.165, 1.54) is 22.9 Å². The first-order valence-electron chi connectivity index (χ1n) is 8.46. The number of fused-ring (bicyclic) bond motifs is 1. The predicted octanol–water partition coefficient (Wildman–Crippen LogP) is -0.369. The molecule has 0 radical (unpaired) electrons. The lowest BCUT2D eigenvalue weighted by molar-refractivity contribution is -0.144. The number of aliphatic carboxylic acids is 1. The number of carboxylic acid groups (broad SMARTS) is 1. The Bertz CT molecular complexity index is 980. The third-order valence-electron chi connectivity index (χ3n) is 4.13. The molecule has 1 fully saturated rings. The number of thiazole rings is 1. The summed E-state index contributed by atoms with van der Waals surface area (Å²) in [4.78, 5) is 59.9. The van der Waals surface area contributed by atoms with Crippen molar-refractivity contribution in [1.82, 2.24) is 15.2 Å². The Morgan fingerprint density at radius 2 is 2.24 bits per heavy atom. The monoisotopic (exact) mass is 439 g/mol. The van der Waals surface area contributed by atoms with Crippen LogP contribution in [-0.2, 0) is 24.0 Å². The van der Waals surface area contributed by atoms with Crippen molar-refractivity contribution < 1.29 is 29.1 Å². The van der Waals surface area contributed by atoms with Gasteiger partial charge in [0.15, 0.2) is 10.5 Å². The quantitative estimate of drug-likeness (QED) is 0.227. The van der Waals surface area contributed by atoms with Gasteiger partial charge < -0.3 is 25.1 Å². The zero-order valence-corrected chi connectivity index (χ0v) is 17.0. The van der Waals surface area contributed by atoms with Gasteiger partial charge in [-0.1, -0.05) is 5.16 Å². The van der Waals surface area contributed by atoms with Crippen molar-refractivity contribution in [2.75, 3.05) is 6.61 Å². The molecule has 0 saturated carbocycles. The van der Waals surface area contributed by atoms with Crippen LogP contribution in [0.3, 0.4) is 0 Å². The first-order valence-corrected chi connectivity index (χ1v) is 10.3. The minimum absolute atomic E-state index is 0.0997. The molecule has 2 unspecified atom stereocenters. The summed E-state index contributed by atoms with van der Waals surface area (Å²) in [7, 11) is 0. The van der Waals surface area contributed by atoms with Crippen LogP contribution >= 0.6 is 23.1 Å². The van der Waals surface area contributed by atoms with E-state index in [-0.39, 0.29) is 33.6 Å². The maximum absolute atomic E-state index is 12.8. The van der Waals surface area contributed by atoms with Gasteiger partial charge in [0.25, 0.3) is 11.8 Å². The summed E-state index contributed by atoms with van der Waals surface area (Å²) >= 11 is 2.37. The summed E-state index contributed by atoms with van der Waals surface area (Å²) < 4.78 is 0. The highest BCUT2D eigenvalue weighted by Gasteiger charge is 2.51. The van der Waals surface area contributed by atoms with Crippen molar-refractivity contribution in [3.63, 3.8) is 0 Å². The van der Waals surface area contributed by atoms with Crippen molar-refractivity contribution in [2.45, 2.75) is 30.5 Å². The number of H-pyrrole nitrogens is 1. The Morgan fingerprint density at radius 3 is 2.90 bits per heavy atom.